The Labute approximate surface area is 163 Å². The standard InChI is InChI=1S/C23H32ClNO/c1-16(2)23(20-8-12-22(13-9-20)26-17(3)4)14-15-25-18(5)19-6-10-21(24)11-7-19/h6-13,16-18,23,25H,14-15H2,1-5H3/p+1/t18-,23-/m0/s1. The van der Waals surface area contributed by atoms with Gasteiger partial charge in [0.15, 0.2) is 0 Å². The van der Waals surface area contributed by atoms with Crippen molar-refractivity contribution in [2.75, 3.05) is 6.54 Å². The molecule has 0 amide bonds. The van der Waals surface area contributed by atoms with Crippen LogP contribution in [-0.2, 0) is 0 Å². The summed E-state index contributed by atoms with van der Waals surface area (Å²) in [6.45, 7) is 12.1. The zero-order valence-corrected chi connectivity index (χ0v) is 17.5. The summed E-state index contributed by atoms with van der Waals surface area (Å²) in [4.78, 5) is 0. The molecule has 2 aromatic rings. The minimum Gasteiger partial charge on any atom is -0.491 e. The first kappa shape index (κ1) is 20.8. The predicted molar refractivity (Wildman–Crippen MR) is 111 cm³/mol. The first-order valence-electron chi connectivity index (χ1n) is 9.72. The van der Waals surface area contributed by atoms with Crippen molar-refractivity contribution < 1.29 is 10.1 Å². The van der Waals surface area contributed by atoms with Crippen LogP contribution in [-0.4, -0.2) is 12.6 Å². The number of quaternary nitrogens is 1. The minimum atomic E-state index is 0.214. The molecule has 0 fully saturated rings. The van der Waals surface area contributed by atoms with E-state index in [1.54, 1.807) is 0 Å². The summed E-state index contributed by atoms with van der Waals surface area (Å²) in [7, 11) is 0. The van der Waals surface area contributed by atoms with Crippen molar-refractivity contribution in [1.82, 2.24) is 0 Å². The second kappa shape index (κ2) is 9.99. The Hall–Kier alpha value is -1.51. The Morgan fingerprint density at radius 3 is 1.96 bits per heavy atom. The van der Waals surface area contributed by atoms with Crippen molar-refractivity contribution in [3.8, 4) is 5.75 Å². The Balaban J connectivity index is 1.92. The van der Waals surface area contributed by atoms with Crippen molar-refractivity contribution in [3.05, 3.63) is 64.7 Å². The van der Waals surface area contributed by atoms with Gasteiger partial charge in [-0.2, -0.15) is 0 Å². The number of hydrogen-bond acceptors (Lipinski definition) is 1. The topological polar surface area (TPSA) is 25.8 Å². The average molecular weight is 375 g/mol. The van der Waals surface area contributed by atoms with E-state index < -0.39 is 0 Å². The zero-order chi connectivity index (χ0) is 19.1. The predicted octanol–water partition coefficient (Wildman–Crippen LogP) is 5.58. The van der Waals surface area contributed by atoms with Crippen LogP contribution in [0.5, 0.6) is 5.75 Å². The highest BCUT2D eigenvalue weighted by atomic mass is 35.5. The van der Waals surface area contributed by atoms with Crippen LogP contribution in [0.1, 0.15) is 64.1 Å². The summed E-state index contributed by atoms with van der Waals surface area (Å²) in [5, 5.41) is 3.22. The highest BCUT2D eigenvalue weighted by Crippen LogP contribution is 2.29. The van der Waals surface area contributed by atoms with Crippen molar-refractivity contribution >= 4 is 11.6 Å². The molecule has 2 atom stereocenters. The van der Waals surface area contributed by atoms with Crippen LogP contribution < -0.4 is 10.1 Å². The average Bonchev–Trinajstić information content (AvgIpc) is 2.59. The largest absolute Gasteiger partial charge is 0.491 e. The highest BCUT2D eigenvalue weighted by Gasteiger charge is 2.18. The molecule has 0 saturated heterocycles. The third-order valence-electron chi connectivity index (χ3n) is 4.88. The summed E-state index contributed by atoms with van der Waals surface area (Å²) < 4.78 is 5.76. The number of nitrogens with two attached hydrogens (primary N) is 1. The summed E-state index contributed by atoms with van der Waals surface area (Å²) in [5.74, 6) is 2.14. The van der Waals surface area contributed by atoms with E-state index in [0.29, 0.717) is 17.9 Å². The Bertz CT molecular complexity index is 649. The molecule has 0 aliphatic rings. The lowest BCUT2D eigenvalue weighted by molar-refractivity contribution is -0.693. The highest BCUT2D eigenvalue weighted by molar-refractivity contribution is 6.30. The molecule has 0 unspecified atom stereocenters. The molecular formula is C23H33ClNO+. The third kappa shape index (κ3) is 6.34. The summed E-state index contributed by atoms with van der Waals surface area (Å²) in [6, 6.07) is 17.3. The van der Waals surface area contributed by atoms with E-state index >= 15 is 0 Å². The van der Waals surface area contributed by atoms with Crippen LogP contribution in [0.4, 0.5) is 0 Å². The van der Waals surface area contributed by atoms with Crippen LogP contribution in [0.15, 0.2) is 48.5 Å². The van der Waals surface area contributed by atoms with Crippen molar-refractivity contribution in [3.63, 3.8) is 0 Å². The molecule has 0 bridgehead atoms. The van der Waals surface area contributed by atoms with Gasteiger partial charge in [-0.25, -0.2) is 0 Å². The Kier molecular flexibility index (Phi) is 7.99. The lowest BCUT2D eigenvalue weighted by Gasteiger charge is -2.22. The SMILES string of the molecule is CC(C)Oc1ccc([C@@H](CC[NH2+][C@@H](C)c2ccc(Cl)cc2)C(C)C)cc1. The van der Waals surface area contributed by atoms with Gasteiger partial charge in [0.1, 0.15) is 11.8 Å². The van der Waals surface area contributed by atoms with Gasteiger partial charge in [0.25, 0.3) is 0 Å². The van der Waals surface area contributed by atoms with Gasteiger partial charge in [0.05, 0.1) is 12.6 Å². The van der Waals surface area contributed by atoms with Crippen molar-refractivity contribution in [2.24, 2.45) is 5.92 Å². The van der Waals surface area contributed by atoms with Crippen LogP contribution >= 0.6 is 11.6 Å². The fraction of sp³-hybridized carbons (Fsp3) is 0.478. The minimum absolute atomic E-state index is 0.214. The second-order valence-corrected chi connectivity index (χ2v) is 8.18. The van der Waals surface area contributed by atoms with Crippen molar-refractivity contribution in [1.29, 1.82) is 0 Å². The van der Waals surface area contributed by atoms with Crippen LogP contribution in [0.3, 0.4) is 0 Å². The molecule has 0 saturated carbocycles. The summed E-state index contributed by atoms with van der Waals surface area (Å²) >= 11 is 5.98. The second-order valence-electron chi connectivity index (χ2n) is 7.74. The summed E-state index contributed by atoms with van der Waals surface area (Å²) in [6.07, 6.45) is 1.38. The number of benzene rings is 2. The quantitative estimate of drug-likeness (QED) is 0.609. The Morgan fingerprint density at radius 1 is 0.846 bits per heavy atom. The molecule has 0 spiro atoms. The van der Waals surface area contributed by atoms with Gasteiger partial charge in [-0.05, 0) is 62.4 Å². The maximum atomic E-state index is 5.98. The molecule has 2 N–H and O–H groups in total. The zero-order valence-electron chi connectivity index (χ0n) is 16.7. The smallest absolute Gasteiger partial charge is 0.119 e. The number of hydrogen-bond donors (Lipinski definition) is 1. The molecule has 0 aromatic heterocycles. The maximum absolute atomic E-state index is 5.98. The molecule has 2 nitrogen and oxygen atoms in total. The van der Waals surface area contributed by atoms with Gasteiger partial charge in [-0.3, -0.25) is 0 Å². The van der Waals surface area contributed by atoms with Gasteiger partial charge < -0.3 is 10.1 Å². The van der Waals surface area contributed by atoms with Crippen molar-refractivity contribution in [2.45, 2.75) is 59.1 Å². The first-order valence-corrected chi connectivity index (χ1v) is 10.1. The van der Waals surface area contributed by atoms with Gasteiger partial charge in [-0.15, -0.1) is 0 Å². The van der Waals surface area contributed by atoms with E-state index in [9.17, 15) is 0 Å². The summed E-state index contributed by atoms with van der Waals surface area (Å²) in [5.41, 5.74) is 2.73. The fourth-order valence-corrected chi connectivity index (χ4v) is 3.50. The monoisotopic (exact) mass is 374 g/mol. The van der Waals surface area contributed by atoms with E-state index in [4.69, 9.17) is 16.3 Å². The van der Waals surface area contributed by atoms with Gasteiger partial charge in [0, 0.05) is 17.0 Å². The van der Waals surface area contributed by atoms with Crippen LogP contribution in [0.2, 0.25) is 5.02 Å². The molecule has 0 aliphatic carbocycles. The molecule has 2 rings (SSSR count). The fourth-order valence-electron chi connectivity index (χ4n) is 3.38. The normalized spacial score (nSPS) is 13.8. The lowest BCUT2D eigenvalue weighted by Crippen LogP contribution is -2.84. The lowest BCUT2D eigenvalue weighted by atomic mass is 9.85. The van der Waals surface area contributed by atoms with E-state index in [2.05, 4.69) is 76.3 Å². The molecule has 2 aromatic carbocycles. The van der Waals surface area contributed by atoms with E-state index in [1.165, 1.54) is 17.5 Å². The first-order chi connectivity index (χ1) is 12.4. The van der Waals surface area contributed by atoms with E-state index in [0.717, 1.165) is 17.3 Å². The number of rotatable bonds is 9. The molecule has 0 aliphatic heterocycles. The van der Waals surface area contributed by atoms with Gasteiger partial charge in [0.2, 0.25) is 0 Å². The van der Waals surface area contributed by atoms with Gasteiger partial charge >= 0.3 is 0 Å². The Morgan fingerprint density at radius 2 is 1.42 bits per heavy atom. The maximum Gasteiger partial charge on any atom is 0.119 e. The molecule has 0 heterocycles. The van der Waals surface area contributed by atoms with Gasteiger partial charge in [-0.1, -0.05) is 49.7 Å². The molecule has 142 valence electrons. The molecular weight excluding hydrogens is 342 g/mol. The van der Waals surface area contributed by atoms with E-state index in [-0.39, 0.29) is 6.10 Å². The van der Waals surface area contributed by atoms with E-state index in [1.807, 2.05) is 12.1 Å². The molecule has 26 heavy (non-hydrogen) atoms. The molecule has 0 radical (unpaired) electrons. The van der Waals surface area contributed by atoms with Crippen LogP contribution in [0.25, 0.3) is 0 Å². The molecule has 3 heteroatoms. The van der Waals surface area contributed by atoms with Crippen LogP contribution in [0, 0.1) is 5.92 Å². The third-order valence-corrected chi connectivity index (χ3v) is 5.13. The number of ether oxygens (including phenoxy) is 1. The number of halogens is 1.